The van der Waals surface area contributed by atoms with E-state index in [2.05, 4.69) is 6.92 Å². The molecule has 1 rings (SSSR count). The molecule has 0 heterocycles. The Kier molecular flexibility index (Phi) is 8.15. The molecule has 0 saturated heterocycles. The molecule has 1 aromatic rings. The quantitative estimate of drug-likeness (QED) is 0.457. The summed E-state index contributed by atoms with van der Waals surface area (Å²) in [5.74, 6) is 0.0709. The summed E-state index contributed by atoms with van der Waals surface area (Å²) >= 11 is 0. The van der Waals surface area contributed by atoms with E-state index in [4.69, 9.17) is 4.74 Å². The van der Waals surface area contributed by atoms with Crippen molar-refractivity contribution in [2.24, 2.45) is 0 Å². The molecule has 100 valence electrons. The monoisotopic (exact) mass is 248 g/mol. The van der Waals surface area contributed by atoms with E-state index in [0.29, 0.717) is 6.61 Å². The van der Waals surface area contributed by atoms with Crippen LogP contribution < -0.4 is 0 Å². The van der Waals surface area contributed by atoms with Crippen LogP contribution in [0.15, 0.2) is 30.3 Å². The first kappa shape index (κ1) is 14.9. The highest BCUT2D eigenvalue weighted by Crippen LogP contribution is 2.05. The van der Waals surface area contributed by atoms with Gasteiger partial charge >= 0.3 is 0 Å². The van der Waals surface area contributed by atoms with Crippen LogP contribution in [0.1, 0.15) is 55.8 Å². The van der Waals surface area contributed by atoms with Gasteiger partial charge in [-0.05, 0) is 6.42 Å². The molecule has 0 aliphatic heterocycles. The molecule has 2 nitrogen and oxygen atoms in total. The lowest BCUT2D eigenvalue weighted by atomic mass is 10.1. The topological polar surface area (TPSA) is 26.3 Å². The van der Waals surface area contributed by atoms with Crippen LogP contribution in [0.2, 0.25) is 0 Å². The molecule has 2 heteroatoms. The highest BCUT2D eigenvalue weighted by atomic mass is 16.5. The van der Waals surface area contributed by atoms with Gasteiger partial charge < -0.3 is 4.74 Å². The third-order valence-corrected chi connectivity index (χ3v) is 2.97. The van der Waals surface area contributed by atoms with Crippen LogP contribution in [0, 0.1) is 0 Å². The molecule has 0 unspecified atom stereocenters. The minimum absolute atomic E-state index is 0.0709. The van der Waals surface area contributed by atoms with Gasteiger partial charge in [0.2, 0.25) is 0 Å². The van der Waals surface area contributed by atoms with Gasteiger partial charge in [0.05, 0.1) is 0 Å². The first-order valence-corrected chi connectivity index (χ1v) is 7.00. The first-order valence-electron chi connectivity index (χ1n) is 7.00. The Labute approximate surface area is 110 Å². The summed E-state index contributed by atoms with van der Waals surface area (Å²) in [7, 11) is 0. The van der Waals surface area contributed by atoms with Crippen molar-refractivity contribution in [3.8, 4) is 0 Å². The molecule has 0 aliphatic rings. The maximum absolute atomic E-state index is 11.7. The molecule has 0 saturated carbocycles. The molecule has 0 amide bonds. The Morgan fingerprint density at radius 3 is 2.39 bits per heavy atom. The lowest BCUT2D eigenvalue weighted by Crippen LogP contribution is -2.09. The maximum Gasteiger partial charge on any atom is 0.188 e. The summed E-state index contributed by atoms with van der Waals surface area (Å²) in [6.45, 7) is 3.13. The van der Waals surface area contributed by atoms with Gasteiger partial charge in [-0.15, -0.1) is 0 Å². The molecular formula is C16H24O2. The Morgan fingerprint density at radius 1 is 1.00 bits per heavy atom. The van der Waals surface area contributed by atoms with Gasteiger partial charge in [-0.25, -0.2) is 0 Å². The van der Waals surface area contributed by atoms with Crippen molar-refractivity contribution in [3.63, 3.8) is 0 Å². The molecule has 0 fully saturated rings. The minimum Gasteiger partial charge on any atom is -0.373 e. The van der Waals surface area contributed by atoms with E-state index in [0.717, 1.165) is 12.0 Å². The number of ketones is 1. The summed E-state index contributed by atoms with van der Waals surface area (Å²) in [4.78, 5) is 11.7. The lowest BCUT2D eigenvalue weighted by molar-refractivity contribution is 0.0752. The van der Waals surface area contributed by atoms with Crippen LogP contribution in [-0.2, 0) is 4.74 Å². The highest BCUT2D eigenvalue weighted by molar-refractivity contribution is 5.96. The summed E-state index contributed by atoms with van der Waals surface area (Å²) in [6.07, 6.45) is 7.48. The van der Waals surface area contributed by atoms with E-state index >= 15 is 0 Å². The Hall–Kier alpha value is -1.15. The SMILES string of the molecule is CCCCCCCCOCC(=O)c1ccccc1. The van der Waals surface area contributed by atoms with Gasteiger partial charge in [0.1, 0.15) is 6.61 Å². The van der Waals surface area contributed by atoms with Crippen molar-refractivity contribution in [2.75, 3.05) is 13.2 Å². The van der Waals surface area contributed by atoms with Gasteiger partial charge in [-0.2, -0.15) is 0 Å². The number of hydrogen-bond donors (Lipinski definition) is 0. The van der Waals surface area contributed by atoms with Crippen molar-refractivity contribution in [2.45, 2.75) is 45.4 Å². The molecule has 0 N–H and O–H groups in total. The second kappa shape index (κ2) is 9.84. The second-order valence-corrected chi connectivity index (χ2v) is 4.61. The van der Waals surface area contributed by atoms with E-state index in [9.17, 15) is 4.79 Å². The number of hydrogen-bond acceptors (Lipinski definition) is 2. The second-order valence-electron chi connectivity index (χ2n) is 4.61. The van der Waals surface area contributed by atoms with Crippen molar-refractivity contribution in [3.05, 3.63) is 35.9 Å². The van der Waals surface area contributed by atoms with E-state index in [1.807, 2.05) is 30.3 Å². The summed E-state index contributed by atoms with van der Waals surface area (Å²) in [5.41, 5.74) is 0.737. The average Bonchev–Trinajstić information content (AvgIpc) is 2.42. The molecule has 0 atom stereocenters. The third kappa shape index (κ3) is 6.55. The fraction of sp³-hybridized carbons (Fsp3) is 0.562. The third-order valence-electron chi connectivity index (χ3n) is 2.97. The predicted octanol–water partition coefficient (Wildman–Crippen LogP) is 4.25. The molecule has 18 heavy (non-hydrogen) atoms. The molecule has 0 aliphatic carbocycles. The smallest absolute Gasteiger partial charge is 0.188 e. The minimum atomic E-state index is 0.0709. The number of rotatable bonds is 10. The van der Waals surface area contributed by atoms with E-state index in [-0.39, 0.29) is 12.4 Å². The van der Waals surface area contributed by atoms with Crippen molar-refractivity contribution < 1.29 is 9.53 Å². The zero-order valence-corrected chi connectivity index (χ0v) is 11.4. The van der Waals surface area contributed by atoms with E-state index in [1.54, 1.807) is 0 Å². The lowest BCUT2D eigenvalue weighted by Gasteiger charge is -2.04. The standard InChI is InChI=1S/C16H24O2/c1-2-3-4-5-6-10-13-18-14-16(17)15-11-8-7-9-12-15/h7-9,11-12H,2-6,10,13-14H2,1H3. The van der Waals surface area contributed by atoms with Crippen LogP contribution in [0.3, 0.4) is 0 Å². The first-order chi connectivity index (χ1) is 8.84. The van der Waals surface area contributed by atoms with Crippen LogP contribution in [0.5, 0.6) is 0 Å². The Morgan fingerprint density at radius 2 is 1.67 bits per heavy atom. The molecular weight excluding hydrogens is 224 g/mol. The number of ether oxygens (including phenoxy) is 1. The van der Waals surface area contributed by atoms with Crippen molar-refractivity contribution in [1.82, 2.24) is 0 Å². The number of carbonyl (C=O) groups is 1. The number of benzene rings is 1. The van der Waals surface area contributed by atoms with Gasteiger partial charge in [0, 0.05) is 12.2 Å². The number of carbonyl (C=O) groups excluding carboxylic acids is 1. The average molecular weight is 248 g/mol. The zero-order chi connectivity index (χ0) is 13.1. The van der Waals surface area contributed by atoms with Crippen LogP contribution in [0.4, 0.5) is 0 Å². The molecule has 1 aromatic carbocycles. The number of Topliss-reactive ketones (excluding diaryl/α,β-unsaturated/α-hetero) is 1. The van der Waals surface area contributed by atoms with Crippen LogP contribution in [-0.4, -0.2) is 19.0 Å². The van der Waals surface area contributed by atoms with E-state index in [1.165, 1.54) is 32.1 Å². The summed E-state index contributed by atoms with van der Waals surface area (Å²) in [5, 5.41) is 0. The zero-order valence-electron chi connectivity index (χ0n) is 11.4. The summed E-state index contributed by atoms with van der Waals surface area (Å²) < 4.78 is 5.41. The Balaban J connectivity index is 2.00. The fourth-order valence-electron chi connectivity index (χ4n) is 1.86. The summed E-state index contributed by atoms with van der Waals surface area (Å²) in [6, 6.07) is 9.32. The highest BCUT2D eigenvalue weighted by Gasteiger charge is 2.04. The van der Waals surface area contributed by atoms with Crippen molar-refractivity contribution in [1.29, 1.82) is 0 Å². The van der Waals surface area contributed by atoms with Gasteiger partial charge in [-0.3, -0.25) is 4.79 Å². The van der Waals surface area contributed by atoms with Gasteiger partial charge in [0.25, 0.3) is 0 Å². The van der Waals surface area contributed by atoms with Crippen LogP contribution in [0.25, 0.3) is 0 Å². The molecule has 0 bridgehead atoms. The largest absolute Gasteiger partial charge is 0.373 e. The fourth-order valence-corrected chi connectivity index (χ4v) is 1.86. The molecule has 0 aromatic heterocycles. The maximum atomic E-state index is 11.7. The molecule has 0 spiro atoms. The van der Waals surface area contributed by atoms with Gasteiger partial charge in [-0.1, -0.05) is 69.4 Å². The van der Waals surface area contributed by atoms with E-state index < -0.39 is 0 Å². The van der Waals surface area contributed by atoms with Gasteiger partial charge in [0.15, 0.2) is 5.78 Å². The predicted molar refractivity (Wildman–Crippen MR) is 75.0 cm³/mol. The Bertz CT molecular complexity index is 319. The number of unbranched alkanes of at least 4 members (excludes halogenated alkanes) is 5. The molecule has 0 radical (unpaired) electrons. The van der Waals surface area contributed by atoms with Crippen LogP contribution >= 0.6 is 0 Å². The normalized spacial score (nSPS) is 10.5. The van der Waals surface area contributed by atoms with Crippen molar-refractivity contribution >= 4 is 5.78 Å².